The zero-order chi connectivity index (χ0) is 22.7. The molecule has 0 saturated carbocycles. The summed E-state index contributed by atoms with van der Waals surface area (Å²) in [6, 6.07) is 6.34. The molecular formula is C26H43NO4. The van der Waals surface area contributed by atoms with Gasteiger partial charge in [0.1, 0.15) is 11.8 Å². The van der Waals surface area contributed by atoms with Gasteiger partial charge >= 0.3 is 5.97 Å². The van der Waals surface area contributed by atoms with Gasteiger partial charge in [0.15, 0.2) is 0 Å². The first-order chi connectivity index (χ1) is 15.1. The van der Waals surface area contributed by atoms with Crippen LogP contribution < -0.4 is 10.1 Å². The van der Waals surface area contributed by atoms with Gasteiger partial charge in [0.25, 0.3) is 0 Å². The molecule has 0 bridgehead atoms. The number of nitrogens with one attached hydrogen (secondary N) is 1. The number of carbonyl (C=O) groups is 2. The number of carboxylic acids is 1. The Hall–Kier alpha value is -2.04. The van der Waals surface area contributed by atoms with E-state index in [4.69, 9.17) is 4.74 Å². The molecule has 0 aliphatic heterocycles. The maximum Gasteiger partial charge on any atom is 0.326 e. The van der Waals surface area contributed by atoms with Crippen LogP contribution in [0.4, 0.5) is 0 Å². The van der Waals surface area contributed by atoms with Crippen LogP contribution in [0.15, 0.2) is 24.3 Å². The van der Waals surface area contributed by atoms with E-state index in [-0.39, 0.29) is 12.3 Å². The minimum absolute atomic E-state index is 0.177. The molecule has 1 amide bonds. The highest BCUT2D eigenvalue weighted by molar-refractivity contribution is 5.83. The van der Waals surface area contributed by atoms with E-state index in [1.165, 1.54) is 64.2 Å². The fraction of sp³-hybridized carbons (Fsp3) is 0.692. The van der Waals surface area contributed by atoms with Crippen LogP contribution in [0.25, 0.3) is 0 Å². The van der Waals surface area contributed by atoms with E-state index >= 15 is 0 Å². The van der Waals surface area contributed by atoms with E-state index in [1.54, 1.807) is 19.2 Å². The predicted octanol–water partition coefficient (Wildman–Crippen LogP) is 6.29. The van der Waals surface area contributed by atoms with Gasteiger partial charge in [0.2, 0.25) is 5.91 Å². The number of hydrogen-bond donors (Lipinski definition) is 2. The van der Waals surface area contributed by atoms with E-state index < -0.39 is 12.0 Å². The van der Waals surface area contributed by atoms with Crippen molar-refractivity contribution in [3.63, 3.8) is 0 Å². The number of amides is 1. The van der Waals surface area contributed by atoms with Gasteiger partial charge in [-0.05, 0) is 24.1 Å². The average molecular weight is 434 g/mol. The number of hydrogen-bond acceptors (Lipinski definition) is 3. The first kappa shape index (κ1) is 27.0. The lowest BCUT2D eigenvalue weighted by atomic mass is 10.0. The molecule has 0 radical (unpaired) electrons. The molecule has 1 aromatic carbocycles. The molecule has 0 aliphatic carbocycles. The molecule has 0 aliphatic rings. The van der Waals surface area contributed by atoms with Gasteiger partial charge in [0.05, 0.1) is 7.11 Å². The largest absolute Gasteiger partial charge is 0.497 e. The number of rotatable bonds is 19. The highest BCUT2D eigenvalue weighted by Crippen LogP contribution is 2.14. The third-order valence-electron chi connectivity index (χ3n) is 5.74. The maximum absolute atomic E-state index is 12.2. The second-order valence-electron chi connectivity index (χ2n) is 8.50. The summed E-state index contributed by atoms with van der Waals surface area (Å²) in [4.78, 5) is 23.7. The Morgan fingerprint density at radius 2 is 1.32 bits per heavy atom. The van der Waals surface area contributed by atoms with Gasteiger partial charge in [-0.1, -0.05) is 96.1 Å². The molecule has 1 atom stereocenters. The summed E-state index contributed by atoms with van der Waals surface area (Å²) in [7, 11) is 1.59. The Labute approximate surface area is 189 Å². The molecule has 1 rings (SSSR count). The molecule has 0 heterocycles. The van der Waals surface area contributed by atoms with Crippen molar-refractivity contribution in [3.05, 3.63) is 29.8 Å². The van der Waals surface area contributed by atoms with Gasteiger partial charge in [-0.2, -0.15) is 0 Å². The summed E-state index contributed by atoms with van der Waals surface area (Å²) in [6.07, 6.45) is 17.0. The smallest absolute Gasteiger partial charge is 0.326 e. The minimum Gasteiger partial charge on any atom is -0.497 e. The fourth-order valence-corrected chi connectivity index (χ4v) is 3.77. The molecule has 5 heteroatoms. The minimum atomic E-state index is -1.01. The van der Waals surface area contributed by atoms with Crippen LogP contribution in [0.5, 0.6) is 5.75 Å². The fourth-order valence-electron chi connectivity index (χ4n) is 3.77. The molecule has 2 N–H and O–H groups in total. The van der Waals surface area contributed by atoms with Gasteiger partial charge in [-0.3, -0.25) is 4.79 Å². The first-order valence-electron chi connectivity index (χ1n) is 12.2. The topological polar surface area (TPSA) is 75.6 Å². The molecule has 0 spiro atoms. The molecule has 0 unspecified atom stereocenters. The van der Waals surface area contributed by atoms with Crippen molar-refractivity contribution in [2.45, 2.75) is 109 Å². The Morgan fingerprint density at radius 1 is 0.839 bits per heavy atom. The molecule has 0 aromatic heterocycles. The number of ether oxygens (including phenoxy) is 1. The lowest BCUT2D eigenvalue weighted by molar-refractivity contribution is -0.141. The quantitative estimate of drug-likeness (QED) is 0.251. The van der Waals surface area contributed by atoms with Crippen molar-refractivity contribution < 1.29 is 19.4 Å². The second kappa shape index (κ2) is 17.6. The van der Waals surface area contributed by atoms with Crippen molar-refractivity contribution in [1.29, 1.82) is 0 Å². The van der Waals surface area contributed by atoms with E-state index in [0.29, 0.717) is 6.42 Å². The highest BCUT2D eigenvalue weighted by Gasteiger charge is 2.20. The summed E-state index contributed by atoms with van der Waals surface area (Å²) < 4.78 is 5.11. The van der Waals surface area contributed by atoms with Crippen LogP contribution >= 0.6 is 0 Å². The summed E-state index contributed by atoms with van der Waals surface area (Å²) >= 11 is 0. The second-order valence-corrected chi connectivity index (χ2v) is 8.50. The lowest BCUT2D eigenvalue weighted by Gasteiger charge is -2.15. The number of carbonyl (C=O) groups excluding carboxylic acids is 1. The van der Waals surface area contributed by atoms with E-state index in [0.717, 1.165) is 30.6 Å². The summed E-state index contributed by atoms with van der Waals surface area (Å²) in [5.41, 5.74) is 0.856. The van der Waals surface area contributed by atoms with Gasteiger partial charge in [-0.25, -0.2) is 4.79 Å². The van der Waals surface area contributed by atoms with Gasteiger partial charge < -0.3 is 15.2 Å². The van der Waals surface area contributed by atoms with E-state index in [1.807, 2.05) is 12.1 Å². The zero-order valence-electron chi connectivity index (χ0n) is 19.7. The Kier molecular flexibility index (Phi) is 15.3. The number of aliphatic carboxylic acids is 1. The molecule has 1 aromatic rings. The maximum atomic E-state index is 12.2. The third kappa shape index (κ3) is 13.8. The number of benzene rings is 1. The standard InChI is InChI=1S/C26H43NO4/c1-3-4-5-6-7-8-9-10-11-12-13-14-15-16-25(28)27-24(26(29)30)21-22-17-19-23(31-2)20-18-22/h17-20,24H,3-16,21H2,1-2H3,(H,27,28)(H,29,30)/t24-/m1/s1. The molecule has 31 heavy (non-hydrogen) atoms. The predicted molar refractivity (Wildman–Crippen MR) is 127 cm³/mol. The van der Waals surface area contributed by atoms with Crippen LogP contribution in [0.1, 0.15) is 102 Å². The van der Waals surface area contributed by atoms with Crippen LogP contribution in [0, 0.1) is 0 Å². The monoisotopic (exact) mass is 433 g/mol. The Bertz CT molecular complexity index is 600. The molecule has 176 valence electrons. The van der Waals surface area contributed by atoms with Crippen molar-refractivity contribution >= 4 is 11.9 Å². The summed E-state index contributed by atoms with van der Waals surface area (Å²) in [6.45, 7) is 2.25. The highest BCUT2D eigenvalue weighted by atomic mass is 16.5. The van der Waals surface area contributed by atoms with E-state index in [9.17, 15) is 14.7 Å². The zero-order valence-corrected chi connectivity index (χ0v) is 19.7. The Balaban J connectivity index is 2.08. The normalized spacial score (nSPS) is 11.8. The van der Waals surface area contributed by atoms with Crippen molar-refractivity contribution in [2.75, 3.05) is 7.11 Å². The van der Waals surface area contributed by atoms with Crippen molar-refractivity contribution in [3.8, 4) is 5.75 Å². The van der Waals surface area contributed by atoms with Gasteiger partial charge in [0, 0.05) is 12.8 Å². The summed E-state index contributed by atoms with van der Waals surface area (Å²) in [5.74, 6) is -0.458. The lowest BCUT2D eigenvalue weighted by Crippen LogP contribution is -2.42. The SMILES string of the molecule is CCCCCCCCCCCCCCCC(=O)N[C@H](Cc1ccc(OC)cc1)C(=O)O. The van der Waals surface area contributed by atoms with Gasteiger partial charge in [-0.15, -0.1) is 0 Å². The molecular weight excluding hydrogens is 390 g/mol. The molecule has 0 fully saturated rings. The molecule has 0 saturated heterocycles. The van der Waals surface area contributed by atoms with Crippen LogP contribution in [0.2, 0.25) is 0 Å². The summed E-state index contributed by atoms with van der Waals surface area (Å²) in [5, 5.41) is 12.1. The number of unbranched alkanes of at least 4 members (excludes halogenated alkanes) is 12. The Morgan fingerprint density at radius 3 is 1.77 bits per heavy atom. The first-order valence-corrected chi connectivity index (χ1v) is 12.2. The average Bonchev–Trinajstić information content (AvgIpc) is 2.77. The van der Waals surface area contributed by atoms with Crippen molar-refractivity contribution in [1.82, 2.24) is 5.32 Å². The van der Waals surface area contributed by atoms with Crippen LogP contribution in [-0.2, 0) is 16.0 Å². The number of carboxylic acid groups (broad SMARTS) is 1. The number of methoxy groups -OCH3 is 1. The molecule has 5 nitrogen and oxygen atoms in total. The third-order valence-corrected chi connectivity index (χ3v) is 5.74. The van der Waals surface area contributed by atoms with Crippen molar-refractivity contribution in [2.24, 2.45) is 0 Å². The van der Waals surface area contributed by atoms with Crippen LogP contribution in [0.3, 0.4) is 0 Å². The van der Waals surface area contributed by atoms with E-state index in [2.05, 4.69) is 12.2 Å². The van der Waals surface area contributed by atoms with Crippen LogP contribution in [-0.4, -0.2) is 30.1 Å².